The van der Waals surface area contributed by atoms with Crippen molar-refractivity contribution in [2.45, 2.75) is 44.1 Å². The number of benzene rings is 1. The molecule has 1 saturated heterocycles. The molecule has 1 heterocycles. The lowest BCUT2D eigenvalue weighted by molar-refractivity contribution is -0.192. The Hall–Kier alpha value is -2.84. The highest BCUT2D eigenvalue weighted by Crippen LogP contribution is 2.19. The number of thioether (sulfide) groups is 1. The van der Waals surface area contributed by atoms with Crippen LogP contribution in [0, 0.1) is 0 Å². The fourth-order valence-electron chi connectivity index (χ4n) is 3.73. The van der Waals surface area contributed by atoms with E-state index in [4.69, 9.17) is 15.6 Å². The van der Waals surface area contributed by atoms with Crippen LogP contribution in [0.3, 0.4) is 0 Å². The highest BCUT2D eigenvalue weighted by atomic mass is 32.2. The summed E-state index contributed by atoms with van der Waals surface area (Å²) in [6, 6.07) is 8.89. The van der Waals surface area contributed by atoms with E-state index in [1.165, 1.54) is 0 Å². The standard InChI is InChI=1S/C21H32N4O4S.C2HF3O2/c1-30-11-9-18(21(28)29)23-19(26)15-24(13-16-6-3-2-4-7-16)14-17-8-5-10-25(17)20(27)12-22;3-2(4,5)1(6)7/h2-4,6-7,17-18H,5,8-15,22H2,1H3,(H,23,26)(H,28,29);(H,6,7)/t17-,18?;/m0./s1. The van der Waals surface area contributed by atoms with Crippen molar-refractivity contribution in [2.24, 2.45) is 5.73 Å². The zero-order valence-electron chi connectivity index (χ0n) is 20.4. The predicted molar refractivity (Wildman–Crippen MR) is 132 cm³/mol. The average Bonchev–Trinajstić information content (AvgIpc) is 3.29. The molecular weight excluding hydrogens is 517 g/mol. The van der Waals surface area contributed by atoms with Gasteiger partial charge in [0.2, 0.25) is 11.8 Å². The van der Waals surface area contributed by atoms with Gasteiger partial charge in [0.05, 0.1) is 13.1 Å². The maximum atomic E-state index is 12.6. The number of likely N-dealkylation sites (tertiary alicyclic amines) is 1. The summed E-state index contributed by atoms with van der Waals surface area (Å²) in [5.41, 5.74) is 6.60. The Morgan fingerprint density at radius 1 is 1.22 bits per heavy atom. The van der Waals surface area contributed by atoms with Gasteiger partial charge in [0, 0.05) is 25.7 Å². The van der Waals surface area contributed by atoms with E-state index < -0.39 is 24.2 Å². The molecule has 0 saturated carbocycles. The maximum absolute atomic E-state index is 12.6. The van der Waals surface area contributed by atoms with Crippen LogP contribution in [-0.2, 0) is 25.7 Å². The number of alkyl halides is 3. The van der Waals surface area contributed by atoms with Gasteiger partial charge in [0.25, 0.3) is 0 Å². The first-order chi connectivity index (χ1) is 17.4. The summed E-state index contributed by atoms with van der Waals surface area (Å²) < 4.78 is 31.7. The van der Waals surface area contributed by atoms with Crippen LogP contribution in [0.2, 0.25) is 0 Å². The van der Waals surface area contributed by atoms with E-state index in [9.17, 15) is 32.7 Å². The van der Waals surface area contributed by atoms with Gasteiger partial charge < -0.3 is 26.2 Å². The van der Waals surface area contributed by atoms with Crippen molar-refractivity contribution in [1.82, 2.24) is 15.1 Å². The predicted octanol–water partition coefficient (Wildman–Crippen LogP) is 1.39. The molecule has 0 aliphatic carbocycles. The molecule has 208 valence electrons. The number of carboxylic acid groups (broad SMARTS) is 2. The van der Waals surface area contributed by atoms with Crippen LogP contribution in [0.5, 0.6) is 0 Å². The Balaban J connectivity index is 0.000000856. The minimum Gasteiger partial charge on any atom is -0.480 e. The molecule has 1 aliphatic rings. The van der Waals surface area contributed by atoms with Crippen LogP contribution in [0.25, 0.3) is 0 Å². The Bertz CT molecular complexity index is 891. The van der Waals surface area contributed by atoms with Gasteiger partial charge in [-0.3, -0.25) is 14.5 Å². The molecule has 0 spiro atoms. The van der Waals surface area contributed by atoms with E-state index in [0.717, 1.165) is 18.4 Å². The number of amides is 2. The topological polar surface area (TPSA) is 153 Å². The Morgan fingerprint density at radius 3 is 2.35 bits per heavy atom. The smallest absolute Gasteiger partial charge is 0.480 e. The van der Waals surface area contributed by atoms with Crippen molar-refractivity contribution in [3.8, 4) is 0 Å². The van der Waals surface area contributed by atoms with Gasteiger partial charge in [-0.15, -0.1) is 0 Å². The van der Waals surface area contributed by atoms with Crippen molar-refractivity contribution < 1.29 is 42.6 Å². The molecule has 1 unspecified atom stereocenters. The molecule has 10 nitrogen and oxygen atoms in total. The zero-order chi connectivity index (χ0) is 28.0. The number of nitrogens with two attached hydrogens (primary N) is 1. The number of nitrogens with zero attached hydrogens (tertiary/aromatic N) is 2. The number of aliphatic carboxylic acids is 2. The third-order valence-electron chi connectivity index (χ3n) is 5.44. The van der Waals surface area contributed by atoms with E-state index in [1.54, 1.807) is 16.7 Å². The molecule has 2 amide bonds. The minimum absolute atomic E-state index is 0.00400. The fraction of sp³-hybridized carbons (Fsp3) is 0.565. The summed E-state index contributed by atoms with van der Waals surface area (Å²) in [5, 5.41) is 19.1. The Kier molecular flexibility index (Phi) is 14.0. The lowest BCUT2D eigenvalue weighted by Gasteiger charge is -2.31. The van der Waals surface area contributed by atoms with Gasteiger partial charge in [0.15, 0.2) is 0 Å². The largest absolute Gasteiger partial charge is 0.490 e. The zero-order valence-corrected chi connectivity index (χ0v) is 21.3. The number of nitrogens with one attached hydrogen (secondary N) is 1. The van der Waals surface area contributed by atoms with E-state index >= 15 is 0 Å². The molecule has 1 aromatic carbocycles. The molecule has 1 aromatic rings. The van der Waals surface area contributed by atoms with Gasteiger partial charge in [-0.2, -0.15) is 24.9 Å². The highest BCUT2D eigenvalue weighted by Gasteiger charge is 2.38. The molecule has 2 rings (SSSR count). The third-order valence-corrected chi connectivity index (χ3v) is 6.09. The summed E-state index contributed by atoms with van der Waals surface area (Å²) in [6.45, 7) is 1.81. The van der Waals surface area contributed by atoms with E-state index in [1.807, 2.05) is 41.5 Å². The minimum atomic E-state index is -5.08. The maximum Gasteiger partial charge on any atom is 0.490 e. The van der Waals surface area contributed by atoms with Crippen LogP contribution < -0.4 is 11.1 Å². The number of hydrogen-bond donors (Lipinski definition) is 4. The molecule has 0 radical (unpaired) electrons. The van der Waals surface area contributed by atoms with Gasteiger partial charge in [0.1, 0.15) is 6.04 Å². The lowest BCUT2D eigenvalue weighted by atomic mass is 10.1. The first-order valence-electron chi connectivity index (χ1n) is 11.5. The summed E-state index contributed by atoms with van der Waals surface area (Å²) in [7, 11) is 0. The van der Waals surface area contributed by atoms with Gasteiger partial charge in [-0.25, -0.2) is 9.59 Å². The summed E-state index contributed by atoms with van der Waals surface area (Å²) in [6.07, 6.45) is -1.03. The van der Waals surface area contributed by atoms with Crippen molar-refractivity contribution in [1.29, 1.82) is 0 Å². The van der Waals surface area contributed by atoms with Gasteiger partial charge in [-0.1, -0.05) is 30.3 Å². The van der Waals surface area contributed by atoms with Crippen LogP contribution >= 0.6 is 11.8 Å². The van der Waals surface area contributed by atoms with E-state index in [0.29, 0.717) is 31.8 Å². The molecule has 2 atom stereocenters. The third kappa shape index (κ3) is 12.3. The fourth-order valence-corrected chi connectivity index (χ4v) is 4.20. The second-order valence-electron chi connectivity index (χ2n) is 8.29. The summed E-state index contributed by atoms with van der Waals surface area (Å²) >= 11 is 1.54. The van der Waals surface area contributed by atoms with E-state index in [2.05, 4.69) is 5.32 Å². The van der Waals surface area contributed by atoms with Crippen molar-refractivity contribution in [3.63, 3.8) is 0 Å². The van der Waals surface area contributed by atoms with Crippen LogP contribution in [-0.4, -0.2) is 100 Å². The Labute approximate surface area is 217 Å². The normalized spacial score (nSPS) is 16.1. The molecule has 37 heavy (non-hydrogen) atoms. The second-order valence-corrected chi connectivity index (χ2v) is 9.27. The van der Waals surface area contributed by atoms with Crippen molar-refractivity contribution in [2.75, 3.05) is 38.2 Å². The number of halogens is 3. The first-order valence-corrected chi connectivity index (χ1v) is 12.8. The second kappa shape index (κ2) is 16.1. The summed E-state index contributed by atoms with van der Waals surface area (Å²) in [5.74, 6) is -3.53. The number of carbonyl (C=O) groups is 4. The lowest BCUT2D eigenvalue weighted by Crippen LogP contribution is -2.49. The van der Waals surface area contributed by atoms with Crippen LogP contribution in [0.4, 0.5) is 13.2 Å². The van der Waals surface area contributed by atoms with Gasteiger partial charge >= 0.3 is 18.1 Å². The van der Waals surface area contributed by atoms with Gasteiger partial charge in [-0.05, 0) is 36.8 Å². The molecule has 14 heteroatoms. The summed E-state index contributed by atoms with van der Waals surface area (Å²) in [4.78, 5) is 48.9. The monoisotopic (exact) mass is 550 g/mol. The van der Waals surface area contributed by atoms with Crippen LogP contribution in [0.1, 0.15) is 24.8 Å². The molecule has 1 aliphatic heterocycles. The van der Waals surface area contributed by atoms with Crippen molar-refractivity contribution >= 4 is 35.5 Å². The molecule has 0 bridgehead atoms. The molecule has 1 fully saturated rings. The van der Waals surface area contributed by atoms with Crippen molar-refractivity contribution in [3.05, 3.63) is 35.9 Å². The van der Waals surface area contributed by atoms with E-state index in [-0.39, 0.29) is 30.9 Å². The molecular formula is C23H33F3N4O6S. The quantitative estimate of drug-likeness (QED) is 0.302. The molecule has 5 N–H and O–H groups in total. The molecule has 0 aromatic heterocycles. The average molecular weight is 551 g/mol. The SMILES string of the molecule is CSCCC(NC(=O)CN(Cc1ccccc1)C[C@@H]1CCCN1C(=O)CN)C(=O)O.O=C(O)C(F)(F)F. The Morgan fingerprint density at radius 2 is 1.84 bits per heavy atom. The first kappa shape index (κ1) is 32.2. The van der Waals surface area contributed by atoms with Crippen LogP contribution in [0.15, 0.2) is 30.3 Å². The highest BCUT2D eigenvalue weighted by molar-refractivity contribution is 7.98. The number of carbonyl (C=O) groups excluding carboxylic acids is 2. The number of rotatable bonds is 12. The number of hydrogen-bond acceptors (Lipinski definition) is 7. The number of carboxylic acids is 2.